The minimum absolute atomic E-state index is 0.120. The maximum absolute atomic E-state index is 10.9. The zero-order valence-electron chi connectivity index (χ0n) is 9.24. The summed E-state index contributed by atoms with van der Waals surface area (Å²) in [5.41, 5.74) is 5.52. The molecule has 0 aromatic heterocycles. The third kappa shape index (κ3) is 3.51. The molecule has 88 valence electrons. The molecule has 0 fully saturated rings. The smallest absolute Gasteiger partial charge is 0.259 e. The van der Waals surface area contributed by atoms with Gasteiger partial charge in [-0.1, -0.05) is 17.7 Å². The molecule has 1 amide bonds. The van der Waals surface area contributed by atoms with Crippen LogP contribution in [-0.2, 0) is 4.79 Å². The summed E-state index contributed by atoms with van der Waals surface area (Å²) in [6.07, 6.45) is 1.38. The van der Waals surface area contributed by atoms with Gasteiger partial charge in [0.05, 0.1) is 11.6 Å². The van der Waals surface area contributed by atoms with Crippen LogP contribution in [0.4, 0.5) is 0 Å². The second-order valence-electron chi connectivity index (χ2n) is 3.16. The van der Waals surface area contributed by atoms with Crippen LogP contribution < -0.4 is 10.5 Å². The molecule has 17 heavy (non-hydrogen) atoms. The van der Waals surface area contributed by atoms with Gasteiger partial charge in [0.25, 0.3) is 5.91 Å². The number of amides is 1. The third-order valence-electron chi connectivity index (χ3n) is 1.95. The number of nitrogens with zero attached hydrogens (tertiary/aromatic N) is 1. The Morgan fingerprint density at radius 2 is 2.35 bits per heavy atom. The number of hydrogen-bond donors (Lipinski definition) is 1. The van der Waals surface area contributed by atoms with Gasteiger partial charge in [-0.3, -0.25) is 4.79 Å². The quantitative estimate of drug-likeness (QED) is 0.657. The number of rotatable bonds is 4. The van der Waals surface area contributed by atoms with Crippen LogP contribution >= 0.6 is 11.6 Å². The molecule has 1 aromatic carbocycles. The maximum Gasteiger partial charge on any atom is 0.259 e. The van der Waals surface area contributed by atoms with Crippen molar-refractivity contribution in [3.63, 3.8) is 0 Å². The van der Waals surface area contributed by atoms with Crippen molar-refractivity contribution in [2.24, 2.45) is 5.73 Å². The molecule has 0 unspecified atom stereocenters. The molecule has 0 aliphatic carbocycles. The summed E-state index contributed by atoms with van der Waals surface area (Å²) in [4.78, 5) is 10.9. The van der Waals surface area contributed by atoms with Crippen molar-refractivity contribution in [1.82, 2.24) is 0 Å². The first-order chi connectivity index (χ1) is 8.08. The second-order valence-corrected chi connectivity index (χ2v) is 3.56. The molecule has 0 saturated carbocycles. The topological polar surface area (TPSA) is 76.1 Å². The van der Waals surface area contributed by atoms with E-state index in [2.05, 4.69) is 0 Å². The molecular formula is C12H11ClN2O2. The lowest BCUT2D eigenvalue weighted by Crippen LogP contribution is -2.12. The van der Waals surface area contributed by atoms with Gasteiger partial charge in [-0.2, -0.15) is 5.26 Å². The monoisotopic (exact) mass is 250 g/mol. The number of nitriles is 1. The summed E-state index contributed by atoms with van der Waals surface area (Å²) in [5.74, 6) is -0.207. The summed E-state index contributed by atoms with van der Waals surface area (Å²) in [6, 6.07) is 6.69. The van der Waals surface area contributed by atoms with Crippen molar-refractivity contribution in [2.75, 3.05) is 6.61 Å². The Balaban J connectivity index is 3.06. The van der Waals surface area contributed by atoms with Crippen molar-refractivity contribution in [3.8, 4) is 11.8 Å². The van der Waals surface area contributed by atoms with E-state index in [4.69, 9.17) is 27.3 Å². The van der Waals surface area contributed by atoms with Crippen LogP contribution in [0.3, 0.4) is 0 Å². The molecule has 5 heteroatoms. The van der Waals surface area contributed by atoms with E-state index in [1.165, 1.54) is 6.08 Å². The van der Waals surface area contributed by atoms with Crippen molar-refractivity contribution >= 4 is 23.6 Å². The molecule has 0 saturated heterocycles. The van der Waals surface area contributed by atoms with Gasteiger partial charge in [-0.05, 0) is 30.7 Å². The summed E-state index contributed by atoms with van der Waals surface area (Å²) >= 11 is 5.96. The molecule has 0 radical (unpaired) electrons. The lowest BCUT2D eigenvalue weighted by Gasteiger charge is -2.05. The molecule has 4 nitrogen and oxygen atoms in total. The lowest BCUT2D eigenvalue weighted by atomic mass is 10.1. The number of halogens is 1. The number of ether oxygens (including phenoxy) is 1. The predicted molar refractivity (Wildman–Crippen MR) is 65.4 cm³/mol. The van der Waals surface area contributed by atoms with Gasteiger partial charge in [0.1, 0.15) is 17.4 Å². The molecule has 0 atom stereocenters. The van der Waals surface area contributed by atoms with E-state index >= 15 is 0 Å². The molecule has 0 spiro atoms. The molecule has 1 aromatic rings. The van der Waals surface area contributed by atoms with Gasteiger partial charge in [0.2, 0.25) is 0 Å². The highest BCUT2D eigenvalue weighted by Gasteiger charge is 2.05. The maximum atomic E-state index is 10.9. The Morgan fingerprint density at radius 3 is 2.82 bits per heavy atom. The van der Waals surface area contributed by atoms with Crippen LogP contribution in [0.1, 0.15) is 12.5 Å². The summed E-state index contributed by atoms with van der Waals surface area (Å²) < 4.78 is 5.26. The number of benzene rings is 1. The van der Waals surface area contributed by atoms with Crippen molar-refractivity contribution < 1.29 is 9.53 Å². The number of primary amides is 1. The number of carbonyl (C=O) groups excluding carboxylic acids is 1. The number of carbonyl (C=O) groups is 1. The van der Waals surface area contributed by atoms with E-state index in [9.17, 15) is 4.79 Å². The van der Waals surface area contributed by atoms with Gasteiger partial charge in [0.15, 0.2) is 0 Å². The van der Waals surface area contributed by atoms with Crippen molar-refractivity contribution in [2.45, 2.75) is 6.92 Å². The minimum Gasteiger partial charge on any atom is -0.492 e. The molecule has 0 aliphatic heterocycles. The van der Waals surface area contributed by atoms with Gasteiger partial charge < -0.3 is 10.5 Å². The standard InChI is InChI=1S/C12H11ClN2O2/c1-2-17-11-4-3-8(6-10(11)13)5-9(7-14)12(15)16/h3-6H,2H2,1H3,(H2,15,16)/b9-5+. The van der Waals surface area contributed by atoms with E-state index in [1.807, 2.05) is 6.92 Å². The van der Waals surface area contributed by atoms with Crippen LogP contribution in [-0.4, -0.2) is 12.5 Å². The van der Waals surface area contributed by atoms with Crippen LogP contribution in [0.5, 0.6) is 5.75 Å². The van der Waals surface area contributed by atoms with Gasteiger partial charge in [-0.15, -0.1) is 0 Å². The Kier molecular flexibility index (Phi) is 4.56. The number of hydrogen-bond acceptors (Lipinski definition) is 3. The van der Waals surface area contributed by atoms with E-state index in [1.54, 1.807) is 24.3 Å². The first-order valence-electron chi connectivity index (χ1n) is 4.92. The first kappa shape index (κ1) is 13.1. The lowest BCUT2D eigenvalue weighted by molar-refractivity contribution is -0.114. The zero-order valence-corrected chi connectivity index (χ0v) is 9.99. The predicted octanol–water partition coefficient (Wildman–Crippen LogP) is 2.13. The van der Waals surface area contributed by atoms with Crippen LogP contribution in [0, 0.1) is 11.3 Å². The highest BCUT2D eigenvalue weighted by atomic mass is 35.5. The van der Waals surface area contributed by atoms with E-state index < -0.39 is 5.91 Å². The molecule has 0 heterocycles. The van der Waals surface area contributed by atoms with E-state index in [0.717, 1.165) is 0 Å². The third-order valence-corrected chi connectivity index (χ3v) is 2.25. The van der Waals surface area contributed by atoms with Crippen LogP contribution in [0.2, 0.25) is 5.02 Å². The largest absolute Gasteiger partial charge is 0.492 e. The van der Waals surface area contributed by atoms with Gasteiger partial charge in [-0.25, -0.2) is 0 Å². The second kappa shape index (κ2) is 5.92. The fourth-order valence-electron chi connectivity index (χ4n) is 1.20. The Bertz CT molecular complexity index is 504. The Morgan fingerprint density at radius 1 is 1.65 bits per heavy atom. The van der Waals surface area contributed by atoms with Gasteiger partial charge in [0, 0.05) is 0 Å². The fourth-order valence-corrected chi connectivity index (χ4v) is 1.45. The zero-order chi connectivity index (χ0) is 12.8. The molecular weight excluding hydrogens is 240 g/mol. The van der Waals surface area contributed by atoms with E-state index in [0.29, 0.717) is 22.9 Å². The van der Waals surface area contributed by atoms with Crippen LogP contribution in [0.15, 0.2) is 23.8 Å². The SMILES string of the molecule is CCOc1ccc(/C=C(\C#N)C(N)=O)cc1Cl. The minimum atomic E-state index is -0.766. The average molecular weight is 251 g/mol. The normalized spacial score (nSPS) is 10.8. The first-order valence-corrected chi connectivity index (χ1v) is 5.30. The van der Waals surface area contributed by atoms with Crippen molar-refractivity contribution in [1.29, 1.82) is 5.26 Å². The molecule has 0 bridgehead atoms. The summed E-state index contributed by atoms with van der Waals surface area (Å²) in [6.45, 7) is 2.37. The molecule has 0 aliphatic rings. The van der Waals surface area contributed by atoms with Gasteiger partial charge >= 0.3 is 0 Å². The number of nitrogens with two attached hydrogens (primary N) is 1. The average Bonchev–Trinajstić information content (AvgIpc) is 2.29. The molecule has 2 N–H and O–H groups in total. The van der Waals surface area contributed by atoms with Crippen LogP contribution in [0.25, 0.3) is 6.08 Å². The summed E-state index contributed by atoms with van der Waals surface area (Å²) in [7, 11) is 0. The molecule has 1 rings (SSSR count). The summed E-state index contributed by atoms with van der Waals surface area (Å²) in [5, 5.41) is 9.11. The Labute approximate surface area is 104 Å². The Hall–Kier alpha value is -1.99. The van der Waals surface area contributed by atoms with E-state index in [-0.39, 0.29) is 5.57 Å². The highest BCUT2D eigenvalue weighted by molar-refractivity contribution is 6.32. The fraction of sp³-hybridized carbons (Fsp3) is 0.167. The van der Waals surface area contributed by atoms with Crippen molar-refractivity contribution in [3.05, 3.63) is 34.4 Å². The highest BCUT2D eigenvalue weighted by Crippen LogP contribution is 2.26.